The van der Waals surface area contributed by atoms with Gasteiger partial charge in [0.15, 0.2) is 0 Å². The number of carbonyl (C=O) groups is 1. The molecule has 1 aliphatic heterocycles. The number of amides is 1. The fraction of sp³-hybridized carbons (Fsp3) is 0.435. The Labute approximate surface area is 184 Å². The fourth-order valence-corrected chi connectivity index (χ4v) is 5.35. The lowest BCUT2D eigenvalue weighted by atomic mass is 9.97. The SMILES string of the molecule is CC(CC(=O)Nc1cc(S(=O)(=O)N2CCCCC2)ccc1N(C)C)c1ccc(F)cc1. The van der Waals surface area contributed by atoms with Crippen LogP contribution in [0.25, 0.3) is 0 Å². The number of nitrogens with zero attached hydrogens (tertiary/aromatic N) is 2. The zero-order valence-electron chi connectivity index (χ0n) is 18.3. The molecule has 2 aromatic rings. The molecule has 1 heterocycles. The van der Waals surface area contributed by atoms with Crippen LogP contribution < -0.4 is 10.2 Å². The third kappa shape index (κ3) is 5.62. The van der Waals surface area contributed by atoms with Crippen LogP contribution in [-0.2, 0) is 14.8 Å². The van der Waals surface area contributed by atoms with Crippen LogP contribution >= 0.6 is 0 Å². The van der Waals surface area contributed by atoms with Gasteiger partial charge in [0.1, 0.15) is 5.82 Å². The van der Waals surface area contributed by atoms with Crippen molar-refractivity contribution in [3.8, 4) is 0 Å². The minimum absolute atomic E-state index is 0.108. The highest BCUT2D eigenvalue weighted by Gasteiger charge is 2.27. The molecule has 0 aromatic heterocycles. The molecule has 1 saturated heterocycles. The van der Waals surface area contributed by atoms with Crippen molar-refractivity contribution >= 4 is 27.3 Å². The molecular formula is C23H30FN3O3S. The Kier molecular flexibility index (Phi) is 7.33. The monoisotopic (exact) mass is 447 g/mol. The molecule has 1 aliphatic rings. The number of piperidine rings is 1. The minimum atomic E-state index is -3.60. The maximum Gasteiger partial charge on any atom is 0.243 e. The Balaban J connectivity index is 1.80. The molecule has 8 heteroatoms. The van der Waals surface area contributed by atoms with E-state index in [2.05, 4.69) is 5.32 Å². The topological polar surface area (TPSA) is 69.7 Å². The standard InChI is InChI=1S/C23H30FN3O3S/c1-17(18-7-9-19(24)10-8-18)15-23(28)25-21-16-20(11-12-22(21)26(2)3)31(29,30)27-13-5-4-6-14-27/h7-12,16-17H,4-6,13-15H2,1-3H3,(H,25,28). The average Bonchev–Trinajstić information content (AvgIpc) is 2.74. The number of rotatable bonds is 7. The van der Waals surface area contributed by atoms with Crippen molar-refractivity contribution in [2.24, 2.45) is 0 Å². The first kappa shape index (κ1) is 23.2. The van der Waals surface area contributed by atoms with Gasteiger partial charge in [-0.25, -0.2) is 12.8 Å². The van der Waals surface area contributed by atoms with Crippen LogP contribution in [0.5, 0.6) is 0 Å². The number of hydrogen-bond acceptors (Lipinski definition) is 4. The molecule has 0 spiro atoms. The lowest BCUT2D eigenvalue weighted by molar-refractivity contribution is -0.116. The number of sulfonamides is 1. The van der Waals surface area contributed by atoms with Crippen molar-refractivity contribution in [2.45, 2.75) is 43.4 Å². The summed E-state index contributed by atoms with van der Waals surface area (Å²) in [6.07, 6.45) is 2.96. The maximum atomic E-state index is 13.2. The van der Waals surface area contributed by atoms with Crippen LogP contribution in [-0.4, -0.2) is 45.8 Å². The second-order valence-corrected chi connectivity index (χ2v) is 10.2. The first-order valence-electron chi connectivity index (χ1n) is 10.6. The number of benzene rings is 2. The molecule has 1 unspecified atom stereocenters. The van der Waals surface area contributed by atoms with E-state index < -0.39 is 10.0 Å². The molecule has 1 fully saturated rings. The van der Waals surface area contributed by atoms with Gasteiger partial charge in [0.25, 0.3) is 0 Å². The van der Waals surface area contributed by atoms with E-state index in [9.17, 15) is 17.6 Å². The molecule has 168 valence electrons. The van der Waals surface area contributed by atoms with Gasteiger partial charge in [-0.1, -0.05) is 25.5 Å². The molecule has 6 nitrogen and oxygen atoms in total. The van der Waals surface area contributed by atoms with E-state index in [1.54, 1.807) is 30.3 Å². The number of anilines is 2. The van der Waals surface area contributed by atoms with E-state index in [4.69, 9.17) is 0 Å². The second-order valence-electron chi connectivity index (χ2n) is 8.24. The summed E-state index contributed by atoms with van der Waals surface area (Å²) >= 11 is 0. The highest BCUT2D eigenvalue weighted by atomic mass is 32.2. The Bertz CT molecular complexity index is 1020. The van der Waals surface area contributed by atoms with E-state index in [-0.39, 0.29) is 29.0 Å². The smallest absolute Gasteiger partial charge is 0.243 e. The molecule has 0 radical (unpaired) electrons. The van der Waals surface area contributed by atoms with Crippen molar-refractivity contribution < 1.29 is 17.6 Å². The van der Waals surface area contributed by atoms with Gasteiger partial charge in [-0.2, -0.15) is 4.31 Å². The molecule has 3 rings (SSSR count). The van der Waals surface area contributed by atoms with Crippen LogP contribution in [0.2, 0.25) is 0 Å². The van der Waals surface area contributed by atoms with Gasteiger partial charge in [0.05, 0.1) is 16.3 Å². The van der Waals surface area contributed by atoms with Gasteiger partial charge < -0.3 is 10.2 Å². The third-order valence-corrected chi connectivity index (χ3v) is 7.50. The van der Waals surface area contributed by atoms with Crippen molar-refractivity contribution in [1.82, 2.24) is 4.31 Å². The number of nitrogens with one attached hydrogen (secondary N) is 1. The van der Waals surface area contributed by atoms with E-state index in [1.165, 1.54) is 16.4 Å². The quantitative estimate of drug-likeness (QED) is 0.691. The summed E-state index contributed by atoms with van der Waals surface area (Å²) in [5, 5.41) is 2.88. The van der Waals surface area contributed by atoms with Gasteiger partial charge in [-0.15, -0.1) is 0 Å². The summed E-state index contributed by atoms with van der Waals surface area (Å²) in [5.41, 5.74) is 2.05. The van der Waals surface area contributed by atoms with Gasteiger partial charge in [-0.3, -0.25) is 4.79 Å². The second kappa shape index (κ2) is 9.78. The third-order valence-electron chi connectivity index (χ3n) is 5.61. The zero-order chi connectivity index (χ0) is 22.6. The lowest BCUT2D eigenvalue weighted by Crippen LogP contribution is -2.35. The molecule has 1 N–H and O–H groups in total. The molecule has 1 atom stereocenters. The van der Waals surface area contributed by atoms with Crippen molar-refractivity contribution in [1.29, 1.82) is 0 Å². The molecule has 2 aromatic carbocycles. The largest absolute Gasteiger partial charge is 0.376 e. The zero-order valence-corrected chi connectivity index (χ0v) is 19.1. The highest BCUT2D eigenvalue weighted by Crippen LogP contribution is 2.31. The molecule has 0 saturated carbocycles. The Morgan fingerprint density at radius 3 is 2.35 bits per heavy atom. The predicted molar refractivity (Wildman–Crippen MR) is 121 cm³/mol. The summed E-state index contributed by atoms with van der Waals surface area (Å²) in [6, 6.07) is 11.0. The van der Waals surface area contributed by atoms with Crippen molar-refractivity contribution in [3.05, 3.63) is 53.8 Å². The first-order valence-corrected chi connectivity index (χ1v) is 12.0. The summed E-state index contributed by atoms with van der Waals surface area (Å²) < 4.78 is 40.8. The molecule has 1 amide bonds. The predicted octanol–water partition coefficient (Wildman–Crippen LogP) is 4.20. The Morgan fingerprint density at radius 2 is 1.74 bits per heavy atom. The van der Waals surface area contributed by atoms with Crippen LogP contribution in [0.15, 0.2) is 47.4 Å². The van der Waals surface area contributed by atoms with E-state index in [1.807, 2.05) is 25.9 Å². The molecular weight excluding hydrogens is 417 g/mol. The first-order chi connectivity index (χ1) is 14.7. The van der Waals surface area contributed by atoms with Crippen LogP contribution in [0, 0.1) is 5.82 Å². The maximum absolute atomic E-state index is 13.2. The normalized spacial score (nSPS) is 16.0. The Morgan fingerprint density at radius 1 is 1.10 bits per heavy atom. The molecule has 31 heavy (non-hydrogen) atoms. The Hall–Kier alpha value is -2.45. The number of hydrogen-bond donors (Lipinski definition) is 1. The van der Waals surface area contributed by atoms with Gasteiger partial charge in [-0.05, 0) is 54.7 Å². The minimum Gasteiger partial charge on any atom is -0.376 e. The van der Waals surface area contributed by atoms with Crippen molar-refractivity contribution in [2.75, 3.05) is 37.4 Å². The number of halogens is 1. The van der Waals surface area contributed by atoms with Crippen LogP contribution in [0.4, 0.5) is 15.8 Å². The summed E-state index contributed by atoms with van der Waals surface area (Å²) in [5.74, 6) is -0.654. The average molecular weight is 448 g/mol. The summed E-state index contributed by atoms with van der Waals surface area (Å²) in [6.45, 7) is 2.94. The van der Waals surface area contributed by atoms with E-state index >= 15 is 0 Å². The summed E-state index contributed by atoms with van der Waals surface area (Å²) in [7, 11) is 0.0716. The van der Waals surface area contributed by atoms with E-state index in [0.717, 1.165) is 30.5 Å². The number of carbonyl (C=O) groups excluding carboxylic acids is 1. The highest BCUT2D eigenvalue weighted by molar-refractivity contribution is 7.89. The lowest BCUT2D eigenvalue weighted by Gasteiger charge is -2.27. The van der Waals surface area contributed by atoms with Crippen molar-refractivity contribution in [3.63, 3.8) is 0 Å². The van der Waals surface area contributed by atoms with Gasteiger partial charge >= 0.3 is 0 Å². The summed E-state index contributed by atoms with van der Waals surface area (Å²) in [4.78, 5) is 14.7. The van der Waals surface area contributed by atoms with Crippen LogP contribution in [0.3, 0.4) is 0 Å². The fourth-order valence-electron chi connectivity index (χ4n) is 3.81. The van der Waals surface area contributed by atoms with E-state index in [0.29, 0.717) is 18.8 Å². The van der Waals surface area contributed by atoms with Crippen LogP contribution in [0.1, 0.15) is 44.1 Å². The van der Waals surface area contributed by atoms with Gasteiger partial charge in [0, 0.05) is 33.6 Å². The molecule has 0 bridgehead atoms. The molecule has 0 aliphatic carbocycles. The van der Waals surface area contributed by atoms with Gasteiger partial charge in [0.2, 0.25) is 15.9 Å².